The SMILES string of the molecule is CC(C)C(NC(=O)c1cnccc1C(=O)Nc1ccc2c(c1)OCCO2)C(=O)Nc1ccc2c(c1)OCCO2. The number of ether oxygens (including phenoxy) is 4. The molecule has 0 aliphatic carbocycles. The third-order valence-electron chi connectivity index (χ3n) is 6.16. The van der Waals surface area contributed by atoms with Crippen molar-refractivity contribution >= 4 is 29.1 Å². The number of rotatable bonds is 7. The van der Waals surface area contributed by atoms with Crippen molar-refractivity contribution < 1.29 is 33.3 Å². The van der Waals surface area contributed by atoms with Crippen LogP contribution in [0.2, 0.25) is 0 Å². The van der Waals surface area contributed by atoms with Gasteiger partial charge in [0, 0.05) is 35.9 Å². The van der Waals surface area contributed by atoms with Crippen molar-refractivity contribution in [2.75, 3.05) is 37.1 Å². The molecular weight excluding hydrogens is 504 g/mol. The molecular formula is C28H28N4O7. The van der Waals surface area contributed by atoms with Crippen LogP contribution in [0.5, 0.6) is 23.0 Å². The van der Waals surface area contributed by atoms with Crippen molar-refractivity contribution in [1.29, 1.82) is 0 Å². The first-order valence-corrected chi connectivity index (χ1v) is 12.6. The van der Waals surface area contributed by atoms with Gasteiger partial charge in [-0.1, -0.05) is 13.8 Å². The van der Waals surface area contributed by atoms with Crippen molar-refractivity contribution in [3.8, 4) is 23.0 Å². The van der Waals surface area contributed by atoms with Crippen LogP contribution < -0.4 is 34.9 Å². The third kappa shape index (κ3) is 5.87. The summed E-state index contributed by atoms with van der Waals surface area (Å²) in [6.07, 6.45) is 2.72. The van der Waals surface area contributed by atoms with E-state index in [-0.39, 0.29) is 17.0 Å². The molecule has 39 heavy (non-hydrogen) atoms. The minimum absolute atomic E-state index is 0.0327. The summed E-state index contributed by atoms with van der Waals surface area (Å²) in [6, 6.07) is 10.7. The minimum atomic E-state index is -0.889. The van der Waals surface area contributed by atoms with Gasteiger partial charge in [-0.3, -0.25) is 19.4 Å². The summed E-state index contributed by atoms with van der Waals surface area (Å²) in [5.74, 6) is 0.472. The predicted molar refractivity (Wildman–Crippen MR) is 142 cm³/mol. The molecule has 0 saturated heterocycles. The van der Waals surface area contributed by atoms with Crippen molar-refractivity contribution in [2.45, 2.75) is 19.9 Å². The molecule has 0 saturated carbocycles. The second kappa shape index (κ2) is 11.3. The smallest absolute Gasteiger partial charge is 0.256 e. The normalized spacial score (nSPS) is 14.2. The zero-order valence-electron chi connectivity index (χ0n) is 21.5. The number of hydrogen-bond acceptors (Lipinski definition) is 8. The van der Waals surface area contributed by atoms with E-state index in [0.717, 1.165) is 0 Å². The van der Waals surface area contributed by atoms with Crippen LogP contribution in [-0.2, 0) is 4.79 Å². The Kier molecular flexibility index (Phi) is 7.48. The van der Waals surface area contributed by atoms with Gasteiger partial charge in [-0.05, 0) is 36.2 Å². The maximum Gasteiger partial charge on any atom is 0.256 e. The van der Waals surface area contributed by atoms with Crippen molar-refractivity contribution in [1.82, 2.24) is 10.3 Å². The second-order valence-electron chi connectivity index (χ2n) is 9.28. The number of carbonyl (C=O) groups is 3. The van der Waals surface area contributed by atoms with Gasteiger partial charge in [-0.25, -0.2) is 0 Å². The molecule has 3 aromatic rings. The van der Waals surface area contributed by atoms with E-state index in [9.17, 15) is 14.4 Å². The number of aromatic nitrogens is 1. The predicted octanol–water partition coefficient (Wildman–Crippen LogP) is 3.27. The Bertz CT molecular complexity index is 1410. The van der Waals surface area contributed by atoms with E-state index in [2.05, 4.69) is 20.9 Å². The highest BCUT2D eigenvalue weighted by atomic mass is 16.6. The fourth-order valence-electron chi connectivity index (χ4n) is 4.19. The molecule has 0 radical (unpaired) electrons. The lowest BCUT2D eigenvalue weighted by atomic mass is 10.0. The van der Waals surface area contributed by atoms with Crippen LogP contribution in [0, 0.1) is 5.92 Å². The largest absolute Gasteiger partial charge is 0.486 e. The lowest BCUT2D eigenvalue weighted by Crippen LogP contribution is -2.47. The fraction of sp³-hybridized carbons (Fsp3) is 0.286. The number of benzene rings is 2. The molecule has 3 heterocycles. The lowest BCUT2D eigenvalue weighted by molar-refractivity contribution is -0.118. The molecule has 0 fully saturated rings. The molecule has 5 rings (SSSR count). The Morgan fingerprint density at radius 1 is 0.718 bits per heavy atom. The molecule has 0 spiro atoms. The number of hydrogen-bond donors (Lipinski definition) is 3. The highest BCUT2D eigenvalue weighted by molar-refractivity contribution is 6.12. The molecule has 11 heteroatoms. The van der Waals surface area contributed by atoms with Gasteiger partial charge in [0.15, 0.2) is 23.0 Å². The van der Waals surface area contributed by atoms with Gasteiger partial charge in [0.05, 0.1) is 11.1 Å². The Morgan fingerprint density at radius 3 is 1.87 bits per heavy atom. The number of anilines is 2. The topological polar surface area (TPSA) is 137 Å². The van der Waals surface area contributed by atoms with E-state index in [4.69, 9.17) is 18.9 Å². The van der Waals surface area contributed by atoms with Crippen molar-refractivity contribution in [2.24, 2.45) is 5.92 Å². The number of amides is 3. The van der Waals surface area contributed by atoms with Gasteiger partial charge >= 0.3 is 0 Å². The Morgan fingerprint density at radius 2 is 1.28 bits per heavy atom. The van der Waals surface area contributed by atoms with Gasteiger partial charge in [0.2, 0.25) is 5.91 Å². The average Bonchev–Trinajstić information content (AvgIpc) is 2.95. The minimum Gasteiger partial charge on any atom is -0.486 e. The first kappa shape index (κ1) is 25.8. The summed E-state index contributed by atoms with van der Waals surface area (Å²) in [5, 5.41) is 8.35. The summed E-state index contributed by atoms with van der Waals surface area (Å²) < 4.78 is 22.2. The Labute approximate surface area is 224 Å². The maximum absolute atomic E-state index is 13.3. The van der Waals surface area contributed by atoms with Gasteiger partial charge in [0.25, 0.3) is 11.8 Å². The van der Waals surface area contributed by atoms with Crippen LogP contribution in [-0.4, -0.2) is 55.2 Å². The van der Waals surface area contributed by atoms with E-state index in [0.29, 0.717) is 60.8 Å². The van der Waals surface area contributed by atoms with Crippen LogP contribution in [0.1, 0.15) is 34.6 Å². The van der Waals surface area contributed by atoms with Crippen molar-refractivity contribution in [3.05, 3.63) is 66.0 Å². The van der Waals surface area contributed by atoms with Crippen LogP contribution in [0.4, 0.5) is 11.4 Å². The summed E-state index contributed by atoms with van der Waals surface area (Å²) in [7, 11) is 0. The molecule has 11 nitrogen and oxygen atoms in total. The summed E-state index contributed by atoms with van der Waals surface area (Å²) >= 11 is 0. The zero-order chi connectivity index (χ0) is 27.4. The van der Waals surface area contributed by atoms with E-state index >= 15 is 0 Å². The first-order valence-electron chi connectivity index (χ1n) is 12.6. The van der Waals surface area contributed by atoms with Crippen LogP contribution in [0.15, 0.2) is 54.9 Å². The van der Waals surface area contributed by atoms with E-state index < -0.39 is 23.8 Å². The standard InChI is InChI=1S/C28H28N4O7/c1-16(2)25(28(35)31-18-4-6-22-24(14-18)39-12-10-37-22)32-27(34)20-15-29-8-7-19(20)26(33)30-17-3-5-21-23(13-17)38-11-9-36-21/h3-8,13-16,25H,9-12H2,1-2H3,(H,30,33)(H,31,35)(H,32,34). The Hall–Kier alpha value is -4.80. The Balaban J connectivity index is 1.29. The summed E-state index contributed by atoms with van der Waals surface area (Å²) in [5.41, 5.74) is 1.12. The van der Waals surface area contributed by atoms with E-state index in [1.165, 1.54) is 18.5 Å². The number of pyridine rings is 1. The molecule has 1 atom stereocenters. The van der Waals surface area contributed by atoms with Crippen LogP contribution in [0.25, 0.3) is 0 Å². The fourth-order valence-corrected chi connectivity index (χ4v) is 4.19. The van der Waals surface area contributed by atoms with Crippen molar-refractivity contribution in [3.63, 3.8) is 0 Å². The quantitative estimate of drug-likeness (QED) is 0.422. The molecule has 3 amide bonds. The molecule has 2 aromatic carbocycles. The summed E-state index contributed by atoms with van der Waals surface area (Å²) in [4.78, 5) is 43.6. The van der Waals surface area contributed by atoms with Gasteiger partial charge in [-0.2, -0.15) is 0 Å². The average molecular weight is 533 g/mol. The monoisotopic (exact) mass is 532 g/mol. The van der Waals surface area contributed by atoms with Crippen LogP contribution in [0.3, 0.4) is 0 Å². The molecule has 3 N–H and O–H groups in total. The van der Waals surface area contributed by atoms with Gasteiger partial charge in [-0.15, -0.1) is 0 Å². The first-order chi connectivity index (χ1) is 18.9. The molecule has 0 bridgehead atoms. The second-order valence-corrected chi connectivity index (χ2v) is 9.28. The van der Waals surface area contributed by atoms with E-state index in [1.54, 1.807) is 36.4 Å². The lowest BCUT2D eigenvalue weighted by Gasteiger charge is -2.23. The van der Waals surface area contributed by atoms with E-state index in [1.807, 2.05) is 13.8 Å². The zero-order valence-corrected chi connectivity index (χ0v) is 21.5. The summed E-state index contributed by atoms with van der Waals surface area (Å²) in [6.45, 7) is 5.38. The maximum atomic E-state index is 13.3. The molecule has 1 aromatic heterocycles. The highest BCUT2D eigenvalue weighted by Crippen LogP contribution is 2.33. The third-order valence-corrected chi connectivity index (χ3v) is 6.16. The molecule has 2 aliphatic rings. The highest BCUT2D eigenvalue weighted by Gasteiger charge is 2.27. The van der Waals surface area contributed by atoms with Gasteiger partial charge < -0.3 is 34.9 Å². The molecule has 1 unspecified atom stereocenters. The number of carbonyl (C=O) groups excluding carboxylic acids is 3. The molecule has 202 valence electrons. The van der Waals surface area contributed by atoms with Crippen LogP contribution >= 0.6 is 0 Å². The van der Waals surface area contributed by atoms with Gasteiger partial charge in [0.1, 0.15) is 32.5 Å². The number of fused-ring (bicyclic) bond motifs is 2. The number of nitrogens with zero attached hydrogens (tertiary/aromatic N) is 1. The number of nitrogens with one attached hydrogen (secondary N) is 3. The molecule has 2 aliphatic heterocycles.